The molecule has 2 aliphatic heterocycles. The number of piperidine rings is 1. The lowest BCUT2D eigenvalue weighted by atomic mass is 9.72. The van der Waals surface area contributed by atoms with Gasteiger partial charge in [0.15, 0.2) is 11.2 Å². The van der Waals surface area contributed by atoms with Crippen LogP contribution in [0.2, 0.25) is 0 Å². The van der Waals surface area contributed by atoms with Gasteiger partial charge in [0.1, 0.15) is 0 Å². The summed E-state index contributed by atoms with van der Waals surface area (Å²) in [5.74, 6) is -1.28. The normalized spacial score (nSPS) is 27.3. The predicted octanol–water partition coefficient (Wildman–Crippen LogP) is 2.68. The van der Waals surface area contributed by atoms with Gasteiger partial charge in [-0.15, -0.1) is 0 Å². The molecular formula is C24H31NO6. The highest BCUT2D eigenvalue weighted by Gasteiger charge is 2.55. The summed E-state index contributed by atoms with van der Waals surface area (Å²) in [6.45, 7) is 8.60. The minimum atomic E-state index is -1.58. The van der Waals surface area contributed by atoms with Crippen LogP contribution in [-0.2, 0) is 35.2 Å². The third kappa shape index (κ3) is 4.88. The number of hydrogen-bond donors (Lipinski definition) is 0. The lowest BCUT2D eigenvalue weighted by Crippen LogP contribution is -2.56. The number of ketones is 1. The summed E-state index contributed by atoms with van der Waals surface area (Å²) in [6, 6.07) is 9.99. The summed E-state index contributed by atoms with van der Waals surface area (Å²) >= 11 is 0. The van der Waals surface area contributed by atoms with Crippen LogP contribution in [0.15, 0.2) is 42.5 Å². The Bertz CT molecular complexity index is 830. The van der Waals surface area contributed by atoms with Gasteiger partial charge in [0.05, 0.1) is 38.4 Å². The topological polar surface area (TPSA) is 82.1 Å². The number of nitrogens with zero attached hydrogens (tertiary/aromatic N) is 1. The maximum absolute atomic E-state index is 13.0. The molecule has 2 heterocycles. The number of ether oxygens (including phenoxy) is 3. The molecule has 0 radical (unpaired) electrons. The number of carbonyl (C=O) groups excluding carboxylic acids is 3. The van der Waals surface area contributed by atoms with E-state index in [0.29, 0.717) is 19.7 Å². The van der Waals surface area contributed by atoms with Crippen LogP contribution >= 0.6 is 0 Å². The Labute approximate surface area is 183 Å². The highest BCUT2D eigenvalue weighted by atomic mass is 16.5. The van der Waals surface area contributed by atoms with Gasteiger partial charge in [-0.3, -0.25) is 14.4 Å². The van der Waals surface area contributed by atoms with Crippen molar-refractivity contribution in [3.63, 3.8) is 0 Å². The average Bonchev–Trinajstić information content (AvgIpc) is 2.80. The Morgan fingerprint density at radius 1 is 1.23 bits per heavy atom. The molecule has 1 aromatic carbocycles. The molecule has 2 aliphatic rings. The molecule has 0 spiro atoms. The van der Waals surface area contributed by atoms with E-state index in [4.69, 9.17) is 14.2 Å². The number of benzene rings is 1. The Morgan fingerprint density at radius 2 is 1.87 bits per heavy atom. The molecule has 1 amide bonds. The third-order valence-electron chi connectivity index (χ3n) is 6.36. The molecule has 7 heteroatoms. The summed E-state index contributed by atoms with van der Waals surface area (Å²) in [6.07, 6.45) is 0.0626. The second kappa shape index (κ2) is 9.75. The molecule has 168 valence electrons. The SMILES string of the molecule is C=C1C(=O)[C@](C)(C(=O)OC)[C@@H](CC(=O)N2CCC(OCc3ccccc3)CC2)O[C@H]1C. The van der Waals surface area contributed by atoms with E-state index in [-0.39, 0.29) is 24.0 Å². The molecule has 1 aromatic rings. The number of amides is 1. The monoisotopic (exact) mass is 429 g/mol. The summed E-state index contributed by atoms with van der Waals surface area (Å²) in [7, 11) is 1.22. The molecule has 2 fully saturated rings. The highest BCUT2D eigenvalue weighted by Crippen LogP contribution is 2.39. The molecule has 31 heavy (non-hydrogen) atoms. The first-order valence-electron chi connectivity index (χ1n) is 10.7. The lowest BCUT2D eigenvalue weighted by molar-refractivity contribution is -0.176. The van der Waals surface area contributed by atoms with Gasteiger partial charge in [0, 0.05) is 18.7 Å². The van der Waals surface area contributed by atoms with Gasteiger partial charge < -0.3 is 19.1 Å². The predicted molar refractivity (Wildman–Crippen MR) is 114 cm³/mol. The fraction of sp³-hybridized carbons (Fsp3) is 0.542. The first-order chi connectivity index (χ1) is 14.8. The van der Waals surface area contributed by atoms with E-state index >= 15 is 0 Å². The number of methoxy groups -OCH3 is 1. The summed E-state index contributed by atoms with van der Waals surface area (Å²) in [5.41, 5.74) is -0.239. The van der Waals surface area contributed by atoms with Gasteiger partial charge in [-0.25, -0.2) is 0 Å². The van der Waals surface area contributed by atoms with E-state index < -0.39 is 29.4 Å². The molecule has 0 bridgehead atoms. The van der Waals surface area contributed by atoms with E-state index in [0.717, 1.165) is 18.4 Å². The average molecular weight is 430 g/mol. The number of carbonyl (C=O) groups is 3. The first kappa shape index (κ1) is 23.2. The largest absolute Gasteiger partial charge is 0.468 e. The second-order valence-electron chi connectivity index (χ2n) is 8.40. The third-order valence-corrected chi connectivity index (χ3v) is 6.36. The van der Waals surface area contributed by atoms with Crippen molar-refractivity contribution in [1.29, 1.82) is 0 Å². The van der Waals surface area contributed by atoms with Crippen molar-refractivity contribution in [2.24, 2.45) is 5.41 Å². The molecule has 0 aromatic heterocycles. The van der Waals surface area contributed by atoms with Crippen LogP contribution in [-0.4, -0.2) is 61.1 Å². The summed E-state index contributed by atoms with van der Waals surface area (Å²) in [4.78, 5) is 40.0. The Hall–Kier alpha value is -2.51. The van der Waals surface area contributed by atoms with Gasteiger partial charge in [-0.1, -0.05) is 36.9 Å². The Balaban J connectivity index is 1.57. The molecule has 3 atom stereocenters. The minimum absolute atomic E-state index is 0.0650. The molecule has 0 aliphatic carbocycles. The van der Waals surface area contributed by atoms with Crippen molar-refractivity contribution in [3.8, 4) is 0 Å². The standard InChI is InChI=1S/C24H31NO6/c1-16-17(2)31-20(24(3,22(16)27)23(28)29-4)14-21(26)25-12-10-19(11-13-25)30-15-18-8-6-5-7-9-18/h5-9,17,19-20H,1,10-15H2,2-4H3/t17-,20+,24+/m0/s1. The summed E-state index contributed by atoms with van der Waals surface area (Å²) < 4.78 is 16.7. The number of esters is 1. The van der Waals surface area contributed by atoms with Crippen LogP contribution in [0.4, 0.5) is 0 Å². The Kier molecular flexibility index (Phi) is 7.28. The first-order valence-corrected chi connectivity index (χ1v) is 10.7. The van der Waals surface area contributed by atoms with Crippen LogP contribution in [0.25, 0.3) is 0 Å². The fourth-order valence-electron chi connectivity index (χ4n) is 4.17. The van der Waals surface area contributed by atoms with Crippen molar-refractivity contribution in [1.82, 2.24) is 4.90 Å². The van der Waals surface area contributed by atoms with Crippen molar-refractivity contribution >= 4 is 17.7 Å². The quantitative estimate of drug-likeness (QED) is 0.393. The number of rotatable bonds is 6. The van der Waals surface area contributed by atoms with Crippen molar-refractivity contribution in [2.75, 3.05) is 20.2 Å². The van der Waals surface area contributed by atoms with Crippen LogP contribution in [0.1, 0.15) is 38.7 Å². The minimum Gasteiger partial charge on any atom is -0.468 e. The summed E-state index contributed by atoms with van der Waals surface area (Å²) in [5, 5.41) is 0. The molecule has 0 saturated carbocycles. The molecule has 0 unspecified atom stereocenters. The van der Waals surface area contributed by atoms with Gasteiger partial charge in [-0.05, 0) is 32.3 Å². The smallest absolute Gasteiger partial charge is 0.322 e. The number of Topliss-reactive ketones (excluding diaryl/α,β-unsaturated/α-hetero) is 1. The van der Waals surface area contributed by atoms with Crippen molar-refractivity contribution in [3.05, 3.63) is 48.0 Å². The fourth-order valence-corrected chi connectivity index (χ4v) is 4.17. The van der Waals surface area contributed by atoms with E-state index in [1.807, 2.05) is 30.3 Å². The van der Waals surface area contributed by atoms with Crippen molar-refractivity contribution in [2.45, 2.75) is 58.0 Å². The van der Waals surface area contributed by atoms with E-state index in [2.05, 4.69) is 6.58 Å². The van der Waals surface area contributed by atoms with Crippen molar-refractivity contribution < 1.29 is 28.6 Å². The van der Waals surface area contributed by atoms with Crippen LogP contribution < -0.4 is 0 Å². The van der Waals surface area contributed by atoms with Gasteiger partial charge in [0.25, 0.3) is 0 Å². The molecule has 3 rings (SSSR count). The number of likely N-dealkylation sites (tertiary alicyclic amines) is 1. The molecule has 2 saturated heterocycles. The van der Waals surface area contributed by atoms with Gasteiger partial charge >= 0.3 is 5.97 Å². The van der Waals surface area contributed by atoms with Gasteiger partial charge in [0.2, 0.25) is 5.91 Å². The second-order valence-corrected chi connectivity index (χ2v) is 8.40. The maximum atomic E-state index is 13.0. The van der Waals surface area contributed by atoms with Crippen LogP contribution in [0.3, 0.4) is 0 Å². The Morgan fingerprint density at radius 3 is 2.48 bits per heavy atom. The highest BCUT2D eigenvalue weighted by molar-refractivity contribution is 6.13. The lowest BCUT2D eigenvalue weighted by Gasteiger charge is -2.41. The molecule has 7 nitrogen and oxygen atoms in total. The van der Waals surface area contributed by atoms with E-state index in [1.54, 1.807) is 11.8 Å². The molecule has 0 N–H and O–H groups in total. The van der Waals surface area contributed by atoms with Gasteiger partial charge in [-0.2, -0.15) is 0 Å². The van der Waals surface area contributed by atoms with Crippen LogP contribution in [0, 0.1) is 5.41 Å². The maximum Gasteiger partial charge on any atom is 0.322 e. The molecular weight excluding hydrogens is 398 g/mol. The zero-order valence-corrected chi connectivity index (χ0v) is 18.5. The zero-order valence-electron chi connectivity index (χ0n) is 18.5. The zero-order chi connectivity index (χ0) is 22.6. The number of hydrogen-bond acceptors (Lipinski definition) is 6. The van der Waals surface area contributed by atoms with E-state index in [1.165, 1.54) is 14.0 Å². The van der Waals surface area contributed by atoms with Crippen LogP contribution in [0.5, 0.6) is 0 Å². The van der Waals surface area contributed by atoms with E-state index in [9.17, 15) is 14.4 Å².